The van der Waals surface area contributed by atoms with Crippen LogP contribution in [0, 0.1) is 0 Å². The van der Waals surface area contributed by atoms with Gasteiger partial charge in [-0.3, -0.25) is 0 Å². The van der Waals surface area contributed by atoms with Gasteiger partial charge >= 0.3 is 0 Å². The molecule has 0 aromatic heterocycles. The van der Waals surface area contributed by atoms with Gasteiger partial charge in [-0.15, -0.1) is 0 Å². The quantitative estimate of drug-likeness (QED) is 0.891. The molecule has 122 valence electrons. The van der Waals surface area contributed by atoms with Gasteiger partial charge in [0.05, 0.1) is 14.9 Å². The van der Waals surface area contributed by atoms with Crippen LogP contribution in [-0.4, -0.2) is 21.1 Å². The smallest absolute Gasteiger partial charge is 0.240 e. The highest BCUT2D eigenvalue weighted by Crippen LogP contribution is 2.27. The zero-order valence-corrected chi connectivity index (χ0v) is 14.5. The van der Waals surface area contributed by atoms with E-state index in [0.717, 1.165) is 24.2 Å². The first-order valence-corrected chi connectivity index (χ1v) is 9.39. The lowest BCUT2D eigenvalue weighted by Crippen LogP contribution is -2.37. The van der Waals surface area contributed by atoms with E-state index in [-0.39, 0.29) is 22.6 Å². The van der Waals surface area contributed by atoms with Crippen LogP contribution in [0.1, 0.15) is 12.0 Å². The second-order valence-electron chi connectivity index (χ2n) is 5.31. The van der Waals surface area contributed by atoms with Crippen LogP contribution in [0.2, 0.25) is 10.0 Å². The van der Waals surface area contributed by atoms with E-state index in [1.54, 1.807) is 0 Å². The van der Waals surface area contributed by atoms with Crippen molar-refractivity contribution in [3.05, 3.63) is 58.1 Å². The largest absolute Gasteiger partial charge is 0.489 e. The van der Waals surface area contributed by atoms with Gasteiger partial charge in [0.1, 0.15) is 11.9 Å². The molecule has 0 saturated carbocycles. The molecule has 0 radical (unpaired) electrons. The molecule has 7 heteroatoms. The van der Waals surface area contributed by atoms with Gasteiger partial charge in [0, 0.05) is 6.54 Å². The lowest BCUT2D eigenvalue weighted by atomic mass is 10.0. The Balaban J connectivity index is 1.67. The first-order chi connectivity index (χ1) is 11.0. The van der Waals surface area contributed by atoms with Crippen molar-refractivity contribution < 1.29 is 13.2 Å². The number of rotatable bonds is 4. The molecule has 4 nitrogen and oxygen atoms in total. The third-order valence-electron chi connectivity index (χ3n) is 3.70. The van der Waals surface area contributed by atoms with Crippen molar-refractivity contribution in [2.75, 3.05) is 6.54 Å². The Morgan fingerprint density at radius 3 is 2.70 bits per heavy atom. The van der Waals surface area contributed by atoms with E-state index >= 15 is 0 Å². The summed E-state index contributed by atoms with van der Waals surface area (Å²) < 4.78 is 33.0. The molecule has 0 bridgehead atoms. The number of hydrogen-bond donors (Lipinski definition) is 1. The highest BCUT2D eigenvalue weighted by atomic mass is 35.5. The molecule has 23 heavy (non-hydrogen) atoms. The summed E-state index contributed by atoms with van der Waals surface area (Å²) in [7, 11) is -3.65. The van der Waals surface area contributed by atoms with Gasteiger partial charge < -0.3 is 4.74 Å². The Morgan fingerprint density at radius 2 is 1.91 bits per heavy atom. The third-order valence-corrected chi connectivity index (χ3v) is 5.86. The van der Waals surface area contributed by atoms with Crippen molar-refractivity contribution in [1.29, 1.82) is 0 Å². The molecule has 0 spiro atoms. The fourth-order valence-corrected chi connectivity index (χ4v) is 3.91. The maximum absolute atomic E-state index is 12.3. The number of nitrogens with one attached hydrogen (secondary N) is 1. The van der Waals surface area contributed by atoms with Crippen LogP contribution in [-0.2, 0) is 16.4 Å². The third kappa shape index (κ3) is 3.80. The molecular formula is C16H15Cl2NO3S. The lowest BCUT2D eigenvalue weighted by molar-refractivity contribution is 0.177. The summed E-state index contributed by atoms with van der Waals surface area (Å²) in [4.78, 5) is 0.0862. The van der Waals surface area contributed by atoms with Crippen molar-refractivity contribution in [3.63, 3.8) is 0 Å². The van der Waals surface area contributed by atoms with E-state index < -0.39 is 10.0 Å². The summed E-state index contributed by atoms with van der Waals surface area (Å²) in [6, 6.07) is 12.0. The van der Waals surface area contributed by atoms with Crippen molar-refractivity contribution in [2.45, 2.75) is 23.8 Å². The molecule has 1 heterocycles. The number of sulfonamides is 1. The Hall–Kier alpha value is -1.27. The zero-order valence-electron chi connectivity index (χ0n) is 12.1. The van der Waals surface area contributed by atoms with Crippen molar-refractivity contribution in [1.82, 2.24) is 4.72 Å². The van der Waals surface area contributed by atoms with Crippen LogP contribution < -0.4 is 9.46 Å². The molecule has 3 rings (SSSR count). The summed E-state index contributed by atoms with van der Waals surface area (Å²) in [5.41, 5.74) is 1.15. The summed E-state index contributed by atoms with van der Waals surface area (Å²) in [5.74, 6) is 0.817. The molecule has 0 saturated heterocycles. The fourth-order valence-electron chi connectivity index (χ4n) is 2.45. The molecule has 0 aliphatic carbocycles. The van der Waals surface area contributed by atoms with Gasteiger partial charge in [-0.1, -0.05) is 41.4 Å². The van der Waals surface area contributed by atoms with E-state index in [2.05, 4.69) is 4.72 Å². The minimum absolute atomic E-state index is 0.0862. The SMILES string of the molecule is O=S(=O)(NCC1CCc2ccccc2O1)c1ccc(Cl)c(Cl)c1. The minimum Gasteiger partial charge on any atom is -0.489 e. The molecule has 1 aliphatic rings. The van der Waals surface area contributed by atoms with Gasteiger partial charge in [-0.05, 0) is 42.7 Å². The molecule has 0 amide bonds. The first-order valence-electron chi connectivity index (χ1n) is 7.15. The number of halogens is 2. The normalized spacial score (nSPS) is 17.4. The average molecular weight is 372 g/mol. The topological polar surface area (TPSA) is 55.4 Å². The Labute approximate surface area is 145 Å². The Morgan fingerprint density at radius 1 is 1.13 bits per heavy atom. The van der Waals surface area contributed by atoms with E-state index in [9.17, 15) is 8.42 Å². The molecule has 1 atom stereocenters. The van der Waals surface area contributed by atoms with Gasteiger partial charge in [-0.25, -0.2) is 13.1 Å². The number of hydrogen-bond acceptors (Lipinski definition) is 3. The van der Waals surface area contributed by atoms with Crippen LogP contribution in [0.3, 0.4) is 0 Å². The number of ether oxygens (including phenoxy) is 1. The van der Waals surface area contributed by atoms with Crippen LogP contribution in [0.5, 0.6) is 5.75 Å². The predicted molar refractivity (Wildman–Crippen MR) is 90.8 cm³/mol. The minimum atomic E-state index is -3.65. The monoisotopic (exact) mass is 371 g/mol. The lowest BCUT2D eigenvalue weighted by Gasteiger charge is -2.26. The van der Waals surface area contributed by atoms with Crippen LogP contribution >= 0.6 is 23.2 Å². The maximum atomic E-state index is 12.3. The van der Waals surface area contributed by atoms with E-state index in [1.165, 1.54) is 18.2 Å². The van der Waals surface area contributed by atoms with Crippen LogP contribution in [0.25, 0.3) is 0 Å². The second-order valence-corrected chi connectivity index (χ2v) is 7.90. The molecule has 2 aromatic rings. The summed E-state index contributed by atoms with van der Waals surface area (Å²) in [6.45, 7) is 0.205. The van der Waals surface area contributed by atoms with E-state index in [1.807, 2.05) is 24.3 Å². The summed E-state index contributed by atoms with van der Waals surface area (Å²) >= 11 is 11.7. The molecule has 2 aromatic carbocycles. The molecule has 0 fully saturated rings. The van der Waals surface area contributed by atoms with E-state index in [4.69, 9.17) is 27.9 Å². The van der Waals surface area contributed by atoms with Crippen LogP contribution in [0.4, 0.5) is 0 Å². The van der Waals surface area contributed by atoms with Gasteiger partial charge in [0.25, 0.3) is 0 Å². The predicted octanol–water partition coefficient (Wildman–Crippen LogP) is 3.67. The second kappa shape index (κ2) is 6.69. The number of aryl methyl sites for hydroxylation is 1. The zero-order chi connectivity index (χ0) is 16.4. The Bertz CT molecular complexity index is 824. The molecule has 1 unspecified atom stereocenters. The molecule has 1 aliphatic heterocycles. The van der Waals surface area contributed by atoms with Crippen molar-refractivity contribution in [3.8, 4) is 5.75 Å². The number of fused-ring (bicyclic) bond motifs is 1. The first kappa shape index (κ1) is 16.6. The highest BCUT2D eigenvalue weighted by Gasteiger charge is 2.22. The van der Waals surface area contributed by atoms with E-state index in [0.29, 0.717) is 5.02 Å². The van der Waals surface area contributed by atoms with Crippen molar-refractivity contribution >= 4 is 33.2 Å². The number of benzene rings is 2. The van der Waals surface area contributed by atoms with Crippen LogP contribution in [0.15, 0.2) is 47.4 Å². The summed E-state index contributed by atoms with van der Waals surface area (Å²) in [5, 5.41) is 0.523. The summed E-state index contributed by atoms with van der Waals surface area (Å²) in [6.07, 6.45) is 1.44. The maximum Gasteiger partial charge on any atom is 0.240 e. The molecule has 1 N–H and O–H groups in total. The number of para-hydroxylation sites is 1. The molecular weight excluding hydrogens is 357 g/mol. The highest BCUT2D eigenvalue weighted by molar-refractivity contribution is 7.89. The van der Waals surface area contributed by atoms with Gasteiger partial charge in [0.15, 0.2) is 0 Å². The fraction of sp³-hybridized carbons (Fsp3) is 0.250. The van der Waals surface area contributed by atoms with Crippen molar-refractivity contribution in [2.24, 2.45) is 0 Å². The standard InChI is InChI=1S/C16H15Cl2NO3S/c17-14-8-7-13(9-15(14)18)23(20,21)19-10-12-6-5-11-3-1-2-4-16(11)22-12/h1-4,7-9,12,19H,5-6,10H2. The van der Waals surface area contributed by atoms with Gasteiger partial charge in [-0.2, -0.15) is 0 Å². The van der Waals surface area contributed by atoms with Gasteiger partial charge in [0.2, 0.25) is 10.0 Å². The average Bonchev–Trinajstić information content (AvgIpc) is 2.55. The Kier molecular flexibility index (Phi) is 4.82.